The number of nitrogens with zero attached hydrogens (tertiary/aromatic N) is 1. The monoisotopic (exact) mass is 245 g/mol. The molecule has 0 fully saturated rings. The third-order valence-electron chi connectivity index (χ3n) is 2.16. The van der Waals surface area contributed by atoms with Crippen LogP contribution in [0, 0.1) is 10.1 Å². The quantitative estimate of drug-likeness (QED) is 0.464. The zero-order chi connectivity index (χ0) is 13.2. The van der Waals surface area contributed by atoms with Crippen molar-refractivity contribution in [1.29, 1.82) is 0 Å². The summed E-state index contributed by atoms with van der Waals surface area (Å²) in [6.07, 6.45) is -2.87. The maximum atomic E-state index is 12.6. The van der Waals surface area contributed by atoms with Gasteiger partial charge < -0.3 is 4.74 Å². The summed E-state index contributed by atoms with van der Waals surface area (Å²) in [7, 11) is 1.12. The number of hydrogen-bond donors (Lipinski definition) is 0. The van der Waals surface area contributed by atoms with E-state index in [2.05, 4.69) is 4.74 Å². The lowest BCUT2D eigenvalue weighted by Crippen LogP contribution is -2.04. The minimum Gasteiger partial charge on any atom is -0.496 e. The zero-order valence-electron chi connectivity index (χ0n) is 9.07. The number of halogens is 2. The van der Waals surface area contributed by atoms with Gasteiger partial charge in [0, 0.05) is 0 Å². The largest absolute Gasteiger partial charge is 0.496 e. The highest BCUT2D eigenvalue weighted by atomic mass is 19.3. The Morgan fingerprint density at radius 3 is 2.41 bits per heavy atom. The minimum atomic E-state index is -2.87. The number of nitro benzene ring substituents is 1. The van der Waals surface area contributed by atoms with E-state index >= 15 is 0 Å². The van der Waals surface area contributed by atoms with Gasteiger partial charge in [-0.3, -0.25) is 14.9 Å². The van der Waals surface area contributed by atoms with E-state index in [4.69, 9.17) is 0 Å². The zero-order valence-corrected chi connectivity index (χ0v) is 9.07. The fraction of sp³-hybridized carbons (Fsp3) is 0.300. The molecule has 17 heavy (non-hydrogen) atoms. The van der Waals surface area contributed by atoms with Crippen molar-refractivity contribution in [3.63, 3.8) is 0 Å². The van der Waals surface area contributed by atoms with E-state index in [1.165, 1.54) is 0 Å². The summed E-state index contributed by atoms with van der Waals surface area (Å²) in [4.78, 5) is 21.0. The van der Waals surface area contributed by atoms with E-state index in [-0.39, 0.29) is 11.3 Å². The van der Waals surface area contributed by atoms with Crippen LogP contribution in [-0.2, 0) is 0 Å². The normalized spacial score (nSPS) is 10.4. The van der Waals surface area contributed by atoms with Crippen LogP contribution in [0.1, 0.15) is 29.3 Å². The van der Waals surface area contributed by atoms with E-state index in [1.807, 2.05) is 0 Å². The van der Waals surface area contributed by atoms with Crippen molar-refractivity contribution in [2.24, 2.45) is 0 Å². The molecule has 0 spiro atoms. The van der Waals surface area contributed by atoms with Gasteiger partial charge in [-0.2, -0.15) is 0 Å². The van der Waals surface area contributed by atoms with Crippen LogP contribution in [0.5, 0.6) is 5.75 Å². The maximum absolute atomic E-state index is 12.6. The molecule has 7 heteroatoms. The summed E-state index contributed by atoms with van der Waals surface area (Å²) in [6.45, 7) is 1.07. The first kappa shape index (κ1) is 13.0. The van der Waals surface area contributed by atoms with Gasteiger partial charge in [0.2, 0.25) is 0 Å². The van der Waals surface area contributed by atoms with Gasteiger partial charge >= 0.3 is 0 Å². The smallest absolute Gasteiger partial charge is 0.283 e. The molecule has 0 aliphatic rings. The second-order valence-electron chi connectivity index (χ2n) is 3.23. The Morgan fingerprint density at radius 1 is 1.47 bits per heavy atom. The first-order valence-electron chi connectivity index (χ1n) is 4.54. The van der Waals surface area contributed by atoms with Crippen LogP contribution in [0.3, 0.4) is 0 Å². The van der Waals surface area contributed by atoms with Gasteiger partial charge in [-0.15, -0.1) is 0 Å². The molecule has 0 amide bonds. The second-order valence-corrected chi connectivity index (χ2v) is 3.23. The molecule has 5 nitrogen and oxygen atoms in total. The lowest BCUT2D eigenvalue weighted by Gasteiger charge is -2.09. The molecule has 0 aliphatic heterocycles. The van der Waals surface area contributed by atoms with Crippen LogP contribution in [0.4, 0.5) is 14.5 Å². The second kappa shape index (κ2) is 4.86. The number of methoxy groups -OCH3 is 1. The van der Waals surface area contributed by atoms with Crippen LogP contribution < -0.4 is 4.74 Å². The summed E-state index contributed by atoms with van der Waals surface area (Å²) < 4.78 is 29.9. The summed E-state index contributed by atoms with van der Waals surface area (Å²) >= 11 is 0. The van der Waals surface area contributed by atoms with Crippen molar-refractivity contribution in [1.82, 2.24) is 0 Å². The number of carbonyl (C=O) groups is 1. The van der Waals surface area contributed by atoms with Crippen LogP contribution >= 0.6 is 0 Å². The Morgan fingerprint density at radius 2 is 2.06 bits per heavy atom. The van der Waals surface area contributed by atoms with E-state index in [1.54, 1.807) is 0 Å². The Balaban J connectivity index is 3.53. The summed E-state index contributed by atoms with van der Waals surface area (Å²) in [6, 6.07) is 1.63. The molecule has 0 radical (unpaired) electrons. The Kier molecular flexibility index (Phi) is 3.72. The number of benzene rings is 1. The Bertz CT molecular complexity index is 474. The number of hydrogen-bond acceptors (Lipinski definition) is 4. The van der Waals surface area contributed by atoms with Gasteiger partial charge in [-0.1, -0.05) is 0 Å². The predicted octanol–water partition coefficient (Wildman–Crippen LogP) is 2.74. The molecule has 0 saturated carbocycles. The number of ketones is 1. The number of alkyl halides is 2. The van der Waals surface area contributed by atoms with Gasteiger partial charge in [-0.05, 0) is 13.0 Å². The first-order chi connectivity index (χ1) is 7.88. The fourth-order valence-electron chi connectivity index (χ4n) is 1.37. The van der Waals surface area contributed by atoms with E-state index in [0.29, 0.717) is 0 Å². The third kappa shape index (κ3) is 2.55. The molecule has 0 aliphatic carbocycles. The molecule has 0 aromatic heterocycles. The molecule has 1 aromatic rings. The highest BCUT2D eigenvalue weighted by molar-refractivity contribution is 5.98. The lowest BCUT2D eigenvalue weighted by atomic mass is 10.0. The van der Waals surface area contributed by atoms with Crippen molar-refractivity contribution in [2.45, 2.75) is 13.3 Å². The van der Waals surface area contributed by atoms with E-state index in [0.717, 1.165) is 26.2 Å². The SMILES string of the molecule is COc1cc([N+](=O)[O-])c(C(C)=O)cc1C(F)F. The number of carbonyl (C=O) groups excluding carboxylic acids is 1. The fourth-order valence-corrected chi connectivity index (χ4v) is 1.37. The highest BCUT2D eigenvalue weighted by Crippen LogP contribution is 2.35. The number of ether oxygens (including phenoxy) is 1. The molecule has 0 unspecified atom stereocenters. The van der Waals surface area contributed by atoms with Crippen molar-refractivity contribution in [2.75, 3.05) is 7.11 Å². The van der Waals surface area contributed by atoms with Crippen LogP contribution in [0.25, 0.3) is 0 Å². The summed E-state index contributed by atoms with van der Waals surface area (Å²) in [5.74, 6) is -0.960. The molecule has 0 bridgehead atoms. The van der Waals surface area contributed by atoms with E-state index in [9.17, 15) is 23.7 Å². The molecule has 1 rings (SSSR count). The molecule has 0 N–H and O–H groups in total. The predicted molar refractivity (Wildman–Crippen MR) is 54.6 cm³/mol. The van der Waals surface area contributed by atoms with E-state index < -0.39 is 28.4 Å². The standard InChI is InChI=1S/C10H9F2NO4/c1-5(14)6-3-7(10(11)12)9(17-2)4-8(6)13(15)16/h3-4,10H,1-2H3. The van der Waals surface area contributed by atoms with Crippen LogP contribution in [0.15, 0.2) is 12.1 Å². The molecular weight excluding hydrogens is 236 g/mol. The van der Waals surface area contributed by atoms with Gasteiger partial charge in [0.05, 0.1) is 29.2 Å². The van der Waals surface area contributed by atoms with Crippen molar-refractivity contribution in [3.8, 4) is 5.75 Å². The Hall–Kier alpha value is -2.05. The molecule has 0 saturated heterocycles. The van der Waals surface area contributed by atoms with Crippen molar-refractivity contribution in [3.05, 3.63) is 33.4 Å². The van der Waals surface area contributed by atoms with Gasteiger partial charge in [0.1, 0.15) is 5.75 Å². The van der Waals surface area contributed by atoms with Gasteiger partial charge in [0.15, 0.2) is 5.78 Å². The molecule has 1 aromatic carbocycles. The lowest BCUT2D eigenvalue weighted by molar-refractivity contribution is -0.385. The topological polar surface area (TPSA) is 69.4 Å². The van der Waals surface area contributed by atoms with Gasteiger partial charge in [-0.25, -0.2) is 8.78 Å². The first-order valence-corrected chi connectivity index (χ1v) is 4.54. The summed E-state index contributed by atoms with van der Waals surface area (Å²) in [5.41, 5.74) is -1.44. The minimum absolute atomic E-state index is 0.309. The average Bonchev–Trinajstić information content (AvgIpc) is 2.26. The maximum Gasteiger partial charge on any atom is 0.283 e. The molecule has 0 heterocycles. The number of Topliss-reactive ketones (excluding diaryl/α,β-unsaturated/α-hetero) is 1. The molecule has 92 valence electrons. The summed E-state index contributed by atoms with van der Waals surface area (Å²) in [5, 5.41) is 10.7. The van der Waals surface area contributed by atoms with Crippen molar-refractivity contribution >= 4 is 11.5 Å². The third-order valence-corrected chi connectivity index (χ3v) is 2.16. The number of nitro groups is 1. The van der Waals surface area contributed by atoms with Gasteiger partial charge in [0.25, 0.3) is 12.1 Å². The number of rotatable bonds is 4. The average molecular weight is 245 g/mol. The van der Waals surface area contributed by atoms with Crippen LogP contribution in [0.2, 0.25) is 0 Å². The Labute approximate surface area is 95.2 Å². The molecule has 0 atom stereocenters. The van der Waals surface area contributed by atoms with Crippen LogP contribution in [-0.4, -0.2) is 17.8 Å². The van der Waals surface area contributed by atoms with Crippen molar-refractivity contribution < 1.29 is 23.2 Å². The molecular formula is C10H9F2NO4. The highest BCUT2D eigenvalue weighted by Gasteiger charge is 2.24.